The average Bonchev–Trinajstić information content (AvgIpc) is 2.16. The highest BCUT2D eigenvalue weighted by Gasteiger charge is 2.43. The first-order valence-corrected chi connectivity index (χ1v) is 4.29. The molecule has 0 unspecified atom stereocenters. The number of nitrogens with one attached hydrogen (secondary N) is 1. The molecule has 0 radical (unpaired) electrons. The number of nitrogens with zero attached hydrogens (tertiary/aromatic N) is 2. The first kappa shape index (κ1) is 10.2. The number of carbonyl (C=O) groups is 2. The van der Waals surface area contributed by atoms with Crippen LogP contribution in [0.4, 0.5) is 0 Å². The van der Waals surface area contributed by atoms with Crippen molar-refractivity contribution < 1.29 is 9.59 Å². The number of hydrogen-bond acceptors (Lipinski definition) is 4. The molecule has 0 aromatic carbocycles. The molecule has 5 heteroatoms. The van der Waals surface area contributed by atoms with Gasteiger partial charge in [0.15, 0.2) is 0 Å². The maximum Gasteiger partial charge on any atom is 0.244 e. The molecule has 1 saturated heterocycles. The van der Waals surface area contributed by atoms with Crippen LogP contribution in [0.3, 0.4) is 0 Å². The Labute approximate surface area is 81.3 Å². The first-order chi connectivity index (χ1) is 6.65. The minimum atomic E-state index is -0.887. The van der Waals surface area contributed by atoms with E-state index in [4.69, 9.17) is 10.5 Å². The predicted octanol–water partition coefficient (Wildman–Crippen LogP) is -0.0514. The zero-order valence-corrected chi connectivity index (χ0v) is 7.65. The van der Waals surface area contributed by atoms with Gasteiger partial charge in [0.25, 0.3) is 0 Å². The van der Waals surface area contributed by atoms with E-state index in [1.807, 2.05) is 17.5 Å². The fraction of sp³-hybridized carbons (Fsp3) is 0.556. The van der Waals surface area contributed by atoms with Crippen LogP contribution < -0.4 is 5.32 Å². The lowest BCUT2D eigenvalue weighted by Crippen LogP contribution is -2.50. The lowest BCUT2D eigenvalue weighted by atomic mass is 9.77. The van der Waals surface area contributed by atoms with Crippen molar-refractivity contribution in [1.29, 1.82) is 10.5 Å². The highest BCUT2D eigenvalue weighted by Crippen LogP contribution is 2.28. The molecule has 5 nitrogen and oxygen atoms in total. The number of rotatable bonds is 1. The SMILES string of the molecule is CCC1[C@@H](C#N)C(=O)NC(=O)[C@@H]1C#N. The van der Waals surface area contributed by atoms with Gasteiger partial charge in [-0.2, -0.15) is 10.5 Å². The summed E-state index contributed by atoms with van der Waals surface area (Å²) in [5.74, 6) is -3.43. The average molecular weight is 191 g/mol. The Balaban J connectivity index is 3.02. The second-order valence-corrected chi connectivity index (χ2v) is 3.14. The van der Waals surface area contributed by atoms with Crippen molar-refractivity contribution in [1.82, 2.24) is 5.32 Å². The van der Waals surface area contributed by atoms with E-state index >= 15 is 0 Å². The van der Waals surface area contributed by atoms with Gasteiger partial charge in [-0.1, -0.05) is 6.92 Å². The van der Waals surface area contributed by atoms with Crippen LogP contribution in [0.25, 0.3) is 0 Å². The Morgan fingerprint density at radius 3 is 1.93 bits per heavy atom. The van der Waals surface area contributed by atoms with Crippen molar-refractivity contribution >= 4 is 11.8 Å². The topological polar surface area (TPSA) is 93.8 Å². The molecule has 1 heterocycles. The van der Waals surface area contributed by atoms with Gasteiger partial charge >= 0.3 is 0 Å². The number of imide groups is 1. The van der Waals surface area contributed by atoms with E-state index in [0.717, 1.165) is 0 Å². The molecule has 1 N–H and O–H groups in total. The van der Waals surface area contributed by atoms with Gasteiger partial charge in [-0.15, -0.1) is 0 Å². The molecule has 1 aliphatic heterocycles. The molecule has 1 rings (SSSR count). The van der Waals surface area contributed by atoms with Crippen molar-refractivity contribution in [2.24, 2.45) is 17.8 Å². The molecule has 0 bridgehead atoms. The van der Waals surface area contributed by atoms with Crippen molar-refractivity contribution in [3.8, 4) is 12.1 Å². The monoisotopic (exact) mass is 191 g/mol. The summed E-state index contributed by atoms with van der Waals surface area (Å²) >= 11 is 0. The standard InChI is InChI=1S/C9H9N3O2/c1-2-5-6(3-10)8(13)12-9(14)7(5)4-11/h5-7H,2H2,1H3,(H,12,13,14)/t6-,7-/m1/s1. The molecule has 0 spiro atoms. The van der Waals surface area contributed by atoms with Gasteiger partial charge in [0.2, 0.25) is 11.8 Å². The molecule has 0 aromatic rings. The summed E-state index contributed by atoms with van der Waals surface area (Å²) in [6.45, 7) is 1.76. The van der Waals surface area contributed by atoms with Gasteiger partial charge in [-0.25, -0.2) is 0 Å². The van der Waals surface area contributed by atoms with Crippen LogP contribution >= 0.6 is 0 Å². The van der Waals surface area contributed by atoms with Crippen LogP contribution in [0.1, 0.15) is 13.3 Å². The van der Waals surface area contributed by atoms with E-state index in [0.29, 0.717) is 6.42 Å². The van der Waals surface area contributed by atoms with Crippen LogP contribution in [0.2, 0.25) is 0 Å². The Kier molecular flexibility index (Phi) is 2.83. The molecule has 0 saturated carbocycles. The maximum absolute atomic E-state index is 11.2. The number of amides is 2. The van der Waals surface area contributed by atoms with Crippen LogP contribution in [0.15, 0.2) is 0 Å². The van der Waals surface area contributed by atoms with Crippen LogP contribution in [0.5, 0.6) is 0 Å². The van der Waals surface area contributed by atoms with Gasteiger partial charge in [-0.05, 0) is 6.42 Å². The quantitative estimate of drug-likeness (QED) is 0.588. The highest BCUT2D eigenvalue weighted by atomic mass is 16.2. The van der Waals surface area contributed by atoms with Gasteiger partial charge in [0, 0.05) is 5.92 Å². The summed E-state index contributed by atoms with van der Waals surface area (Å²) in [6, 6.07) is 3.65. The smallest absolute Gasteiger partial charge is 0.244 e. The molecular weight excluding hydrogens is 182 g/mol. The Hall–Kier alpha value is -1.88. The predicted molar refractivity (Wildman–Crippen MR) is 45.1 cm³/mol. The minimum absolute atomic E-state index is 0.468. The largest absolute Gasteiger partial charge is 0.294 e. The molecule has 14 heavy (non-hydrogen) atoms. The van der Waals surface area contributed by atoms with Crippen LogP contribution in [-0.2, 0) is 9.59 Å². The molecule has 1 fully saturated rings. The van der Waals surface area contributed by atoms with E-state index < -0.39 is 29.6 Å². The molecule has 72 valence electrons. The second kappa shape index (κ2) is 3.89. The zero-order chi connectivity index (χ0) is 10.7. The van der Waals surface area contributed by atoms with Gasteiger partial charge < -0.3 is 0 Å². The van der Waals surface area contributed by atoms with Crippen LogP contribution in [-0.4, -0.2) is 11.8 Å². The van der Waals surface area contributed by atoms with Crippen molar-refractivity contribution in [3.05, 3.63) is 0 Å². The van der Waals surface area contributed by atoms with Crippen molar-refractivity contribution in [2.75, 3.05) is 0 Å². The molecule has 2 atom stereocenters. The summed E-state index contributed by atoms with van der Waals surface area (Å²) in [5, 5.41) is 19.5. The third-order valence-corrected chi connectivity index (χ3v) is 2.42. The molecule has 0 aromatic heterocycles. The van der Waals surface area contributed by atoms with E-state index in [1.165, 1.54) is 0 Å². The third kappa shape index (κ3) is 1.45. The van der Waals surface area contributed by atoms with E-state index in [2.05, 4.69) is 0 Å². The minimum Gasteiger partial charge on any atom is -0.294 e. The highest BCUT2D eigenvalue weighted by molar-refractivity contribution is 6.02. The molecule has 1 aliphatic rings. The number of nitriles is 2. The Bertz CT molecular complexity index is 318. The Morgan fingerprint density at radius 2 is 1.64 bits per heavy atom. The first-order valence-electron chi connectivity index (χ1n) is 4.29. The van der Waals surface area contributed by atoms with Crippen molar-refractivity contribution in [2.45, 2.75) is 13.3 Å². The number of piperidine rings is 1. The van der Waals surface area contributed by atoms with E-state index in [1.54, 1.807) is 6.92 Å². The second-order valence-electron chi connectivity index (χ2n) is 3.14. The van der Waals surface area contributed by atoms with Crippen molar-refractivity contribution in [3.63, 3.8) is 0 Å². The molecule has 2 amide bonds. The maximum atomic E-state index is 11.2. The summed E-state index contributed by atoms with van der Waals surface area (Å²) in [7, 11) is 0. The van der Waals surface area contributed by atoms with Gasteiger partial charge in [-0.3, -0.25) is 14.9 Å². The van der Waals surface area contributed by atoms with Gasteiger partial charge in [0.05, 0.1) is 12.1 Å². The number of carbonyl (C=O) groups excluding carboxylic acids is 2. The number of hydrogen-bond donors (Lipinski definition) is 1. The van der Waals surface area contributed by atoms with E-state index in [-0.39, 0.29) is 0 Å². The summed E-state index contributed by atoms with van der Waals surface area (Å²) < 4.78 is 0. The lowest BCUT2D eigenvalue weighted by Gasteiger charge is -2.28. The third-order valence-electron chi connectivity index (χ3n) is 2.42. The normalized spacial score (nSPS) is 27.6. The fourth-order valence-corrected chi connectivity index (χ4v) is 1.64. The lowest BCUT2D eigenvalue weighted by molar-refractivity contribution is -0.139. The molecule has 0 aliphatic carbocycles. The fourth-order valence-electron chi connectivity index (χ4n) is 1.64. The van der Waals surface area contributed by atoms with Crippen LogP contribution in [0, 0.1) is 40.4 Å². The molecular formula is C9H9N3O2. The summed E-state index contributed by atoms with van der Waals surface area (Å²) in [5.41, 5.74) is 0. The summed E-state index contributed by atoms with van der Waals surface area (Å²) in [6.07, 6.45) is 0.468. The van der Waals surface area contributed by atoms with E-state index in [9.17, 15) is 9.59 Å². The van der Waals surface area contributed by atoms with Gasteiger partial charge in [0.1, 0.15) is 11.8 Å². The zero-order valence-electron chi connectivity index (χ0n) is 7.65. The Morgan fingerprint density at radius 1 is 1.21 bits per heavy atom. The summed E-state index contributed by atoms with van der Waals surface area (Å²) in [4.78, 5) is 22.4.